The number of ether oxygens (including phenoxy) is 2. The summed E-state index contributed by atoms with van der Waals surface area (Å²) < 4.78 is 10.8. The number of hydrogen-bond donors (Lipinski definition) is 2. The van der Waals surface area contributed by atoms with Crippen molar-refractivity contribution < 1.29 is 9.47 Å². The number of rotatable bonds is 4. The van der Waals surface area contributed by atoms with Crippen LogP contribution in [-0.2, 0) is 0 Å². The molecule has 12 heteroatoms. The normalized spacial score (nSPS) is 20.5. The van der Waals surface area contributed by atoms with Gasteiger partial charge in [-0.1, -0.05) is 45.7 Å². The van der Waals surface area contributed by atoms with Gasteiger partial charge in [0.1, 0.15) is 11.5 Å². The second-order valence-corrected chi connectivity index (χ2v) is 4.75. The fraction of sp³-hybridized carbons (Fsp3) is 0.250. The first kappa shape index (κ1) is 12.9. The summed E-state index contributed by atoms with van der Waals surface area (Å²) in [5.41, 5.74) is 0. The SMILES string of the molecule is SC1(Oc2ccc(OC3(S)N=NN=N3)cc2)N=NN=N1. The third-order valence-electron chi connectivity index (χ3n) is 2.11. The van der Waals surface area contributed by atoms with Crippen molar-refractivity contribution >= 4 is 25.3 Å². The molecule has 0 radical (unpaired) electrons. The Morgan fingerprint density at radius 3 is 1.25 bits per heavy atom. The van der Waals surface area contributed by atoms with Gasteiger partial charge in [0.2, 0.25) is 0 Å². The smallest absolute Gasteiger partial charge is 0.386 e. The lowest BCUT2D eigenvalue weighted by molar-refractivity contribution is 0.178. The second-order valence-electron chi connectivity index (χ2n) is 3.58. The van der Waals surface area contributed by atoms with Gasteiger partial charge in [-0.15, -0.1) is 0 Å². The molecule has 1 aromatic carbocycles. The standard InChI is InChI=1S/C8H6N8O2S2/c19-7(9-13-14-10-7)17-5-1-2-6(4-3-5)18-8(20)11-15-16-12-8/h1-4,19-20H. The summed E-state index contributed by atoms with van der Waals surface area (Å²) in [7, 11) is 0. The van der Waals surface area contributed by atoms with E-state index in [4.69, 9.17) is 9.47 Å². The van der Waals surface area contributed by atoms with E-state index >= 15 is 0 Å². The van der Waals surface area contributed by atoms with E-state index in [1.54, 1.807) is 24.3 Å². The molecule has 20 heavy (non-hydrogen) atoms. The van der Waals surface area contributed by atoms with Crippen molar-refractivity contribution in [2.45, 2.75) is 10.4 Å². The Bertz CT molecular complexity index is 549. The summed E-state index contributed by atoms with van der Waals surface area (Å²) in [5.74, 6) is 0.907. The van der Waals surface area contributed by atoms with E-state index in [0.717, 1.165) is 0 Å². The van der Waals surface area contributed by atoms with Crippen LogP contribution in [0.5, 0.6) is 11.5 Å². The largest absolute Gasteiger partial charge is 0.436 e. The number of nitrogens with zero attached hydrogens (tertiary/aromatic N) is 8. The van der Waals surface area contributed by atoms with E-state index in [1.165, 1.54) is 0 Å². The Morgan fingerprint density at radius 1 is 0.650 bits per heavy atom. The van der Waals surface area contributed by atoms with E-state index in [1.807, 2.05) is 0 Å². The fourth-order valence-corrected chi connectivity index (χ4v) is 1.70. The Balaban J connectivity index is 1.69. The Kier molecular flexibility index (Phi) is 3.10. The highest BCUT2D eigenvalue weighted by molar-refractivity contribution is 7.81. The van der Waals surface area contributed by atoms with Crippen molar-refractivity contribution in [2.75, 3.05) is 0 Å². The van der Waals surface area contributed by atoms with Gasteiger partial charge in [-0.3, -0.25) is 0 Å². The summed E-state index contributed by atoms with van der Waals surface area (Å²) in [6, 6.07) is 6.49. The maximum Gasteiger partial charge on any atom is 0.386 e. The van der Waals surface area contributed by atoms with Crippen LogP contribution in [0.1, 0.15) is 0 Å². The zero-order valence-corrected chi connectivity index (χ0v) is 11.4. The first-order valence-electron chi connectivity index (χ1n) is 5.18. The summed E-state index contributed by atoms with van der Waals surface area (Å²) in [6.07, 6.45) is 0. The highest BCUT2D eigenvalue weighted by Gasteiger charge is 2.32. The highest BCUT2D eigenvalue weighted by Crippen LogP contribution is 2.32. The van der Waals surface area contributed by atoms with Crippen LogP contribution < -0.4 is 9.47 Å². The van der Waals surface area contributed by atoms with E-state index in [9.17, 15) is 0 Å². The summed E-state index contributed by atoms with van der Waals surface area (Å²) in [6.45, 7) is 0. The first-order chi connectivity index (χ1) is 9.57. The van der Waals surface area contributed by atoms with Gasteiger partial charge in [0.05, 0.1) is 0 Å². The first-order valence-corrected chi connectivity index (χ1v) is 6.07. The molecule has 0 saturated heterocycles. The molecule has 10 nitrogen and oxygen atoms in total. The van der Waals surface area contributed by atoms with Crippen molar-refractivity contribution in [3.63, 3.8) is 0 Å². The number of benzene rings is 1. The highest BCUT2D eigenvalue weighted by atomic mass is 32.1. The van der Waals surface area contributed by atoms with E-state index < -0.39 is 10.4 Å². The maximum absolute atomic E-state index is 5.40. The van der Waals surface area contributed by atoms with Crippen molar-refractivity contribution in [1.29, 1.82) is 0 Å². The second kappa shape index (κ2) is 4.79. The van der Waals surface area contributed by atoms with Crippen molar-refractivity contribution in [3.05, 3.63) is 24.3 Å². The molecule has 0 amide bonds. The third kappa shape index (κ3) is 2.75. The number of hydrogen-bond acceptors (Lipinski definition) is 12. The van der Waals surface area contributed by atoms with Crippen LogP contribution in [0, 0.1) is 0 Å². The lowest BCUT2D eigenvalue weighted by Crippen LogP contribution is -2.22. The average molecular weight is 310 g/mol. The minimum Gasteiger partial charge on any atom is -0.436 e. The molecule has 0 spiro atoms. The van der Waals surface area contributed by atoms with E-state index in [-0.39, 0.29) is 0 Å². The summed E-state index contributed by atoms with van der Waals surface area (Å²) in [5, 5.41) is 24.9. The molecule has 1 aromatic rings. The molecule has 3 rings (SSSR count). The van der Waals surface area contributed by atoms with Crippen LogP contribution in [0.2, 0.25) is 0 Å². The molecule has 2 aliphatic rings. The van der Waals surface area contributed by atoms with E-state index in [2.05, 4.69) is 66.6 Å². The molecule has 0 unspecified atom stereocenters. The van der Waals surface area contributed by atoms with Crippen molar-refractivity contribution in [1.82, 2.24) is 0 Å². The van der Waals surface area contributed by atoms with Gasteiger partial charge < -0.3 is 9.47 Å². The minimum absolute atomic E-state index is 0.454. The number of thiol groups is 2. The van der Waals surface area contributed by atoms with Crippen LogP contribution in [0.15, 0.2) is 65.6 Å². The molecule has 0 bridgehead atoms. The molecule has 102 valence electrons. The molecule has 0 aliphatic carbocycles. The minimum atomic E-state index is -1.43. The molecular formula is C8H6N8O2S2. The molecule has 0 aromatic heterocycles. The maximum atomic E-state index is 5.40. The topological polar surface area (TPSA) is 117 Å². The van der Waals surface area contributed by atoms with Crippen LogP contribution >= 0.6 is 25.3 Å². The fourth-order valence-electron chi connectivity index (χ4n) is 1.33. The van der Waals surface area contributed by atoms with Gasteiger partial charge in [-0.25, -0.2) is 0 Å². The van der Waals surface area contributed by atoms with Crippen LogP contribution in [0.4, 0.5) is 0 Å². The summed E-state index contributed by atoms with van der Waals surface area (Å²) in [4.78, 5) is 0. The molecule has 2 heterocycles. The predicted octanol–water partition coefficient (Wildman–Crippen LogP) is 3.19. The zero-order chi connectivity index (χ0) is 14.1. The van der Waals surface area contributed by atoms with Crippen molar-refractivity contribution in [3.8, 4) is 11.5 Å². The molecule has 2 aliphatic heterocycles. The van der Waals surface area contributed by atoms with E-state index in [0.29, 0.717) is 11.5 Å². The van der Waals surface area contributed by atoms with Crippen LogP contribution in [0.3, 0.4) is 0 Å². The van der Waals surface area contributed by atoms with Gasteiger partial charge in [0.15, 0.2) is 0 Å². The molecule has 0 N–H and O–H groups in total. The molecule has 0 atom stereocenters. The van der Waals surface area contributed by atoms with Gasteiger partial charge in [-0.2, -0.15) is 0 Å². The Labute approximate surface area is 122 Å². The molecule has 0 saturated carbocycles. The quantitative estimate of drug-likeness (QED) is 0.656. The third-order valence-corrected chi connectivity index (χ3v) is 2.65. The predicted molar refractivity (Wildman–Crippen MR) is 70.6 cm³/mol. The molecular weight excluding hydrogens is 304 g/mol. The lowest BCUT2D eigenvalue weighted by atomic mass is 10.3. The Morgan fingerprint density at radius 2 is 0.950 bits per heavy atom. The van der Waals surface area contributed by atoms with Gasteiger partial charge in [0.25, 0.3) is 0 Å². The van der Waals surface area contributed by atoms with Gasteiger partial charge in [-0.05, 0) is 45.2 Å². The lowest BCUT2D eigenvalue weighted by Gasteiger charge is -2.17. The van der Waals surface area contributed by atoms with Gasteiger partial charge >= 0.3 is 10.4 Å². The molecule has 0 fully saturated rings. The van der Waals surface area contributed by atoms with Gasteiger partial charge in [0, 0.05) is 0 Å². The monoisotopic (exact) mass is 310 g/mol. The zero-order valence-electron chi connectivity index (χ0n) is 9.60. The van der Waals surface area contributed by atoms with Crippen LogP contribution in [0.25, 0.3) is 0 Å². The summed E-state index contributed by atoms with van der Waals surface area (Å²) >= 11 is 8.17. The Hall–Kier alpha value is -2.08. The van der Waals surface area contributed by atoms with Crippen LogP contribution in [-0.4, -0.2) is 10.4 Å². The van der Waals surface area contributed by atoms with Crippen molar-refractivity contribution in [2.24, 2.45) is 41.4 Å². The average Bonchev–Trinajstić information content (AvgIpc) is 3.02.